The third-order valence-electron chi connectivity index (χ3n) is 3.24. The van der Waals surface area contributed by atoms with Crippen LogP contribution in [0.25, 0.3) is 0 Å². The molecule has 0 aliphatic carbocycles. The molecule has 122 valence electrons. The summed E-state index contributed by atoms with van der Waals surface area (Å²) in [6, 6.07) is 0. The molecule has 2 heterocycles. The molecule has 1 saturated heterocycles. The lowest BCUT2D eigenvalue weighted by atomic mass is 9.98. The smallest absolute Gasteiger partial charge is 0.226 e. The highest BCUT2D eigenvalue weighted by Gasteiger charge is 2.21. The molecule has 8 heteroatoms. The van der Waals surface area contributed by atoms with Crippen molar-refractivity contribution in [2.45, 2.75) is 39.0 Å². The molecular weight excluding hydrogens is 304 g/mol. The predicted molar refractivity (Wildman–Crippen MR) is 83.9 cm³/mol. The minimum atomic E-state index is -0.210. The zero-order valence-electron chi connectivity index (χ0n) is 13.2. The van der Waals surface area contributed by atoms with E-state index in [0.29, 0.717) is 31.4 Å². The summed E-state index contributed by atoms with van der Waals surface area (Å²) in [5.41, 5.74) is -0.0903. The molecule has 0 radical (unpaired) electrons. The van der Waals surface area contributed by atoms with E-state index in [4.69, 9.17) is 4.74 Å². The van der Waals surface area contributed by atoms with Gasteiger partial charge in [-0.1, -0.05) is 32.1 Å². The van der Waals surface area contributed by atoms with Gasteiger partial charge in [-0.2, -0.15) is 0 Å². The van der Waals surface area contributed by atoms with Gasteiger partial charge in [0.15, 0.2) is 0 Å². The molecule has 1 N–H and O–H groups in total. The second kappa shape index (κ2) is 7.15. The van der Waals surface area contributed by atoms with E-state index in [2.05, 4.69) is 15.5 Å². The highest BCUT2D eigenvalue weighted by molar-refractivity contribution is 7.15. The van der Waals surface area contributed by atoms with Crippen LogP contribution in [0.3, 0.4) is 0 Å². The Kier molecular flexibility index (Phi) is 5.47. The standard InChI is InChI=1S/C14H22N4O3S/c1-14(2,3)12-16-17-13(22-12)15-10(19)4-5-11(20)18-6-8-21-9-7-18/h4-9H2,1-3H3,(H,15,17,19). The number of aromatic nitrogens is 2. The van der Waals surface area contributed by atoms with Crippen LogP contribution in [0.4, 0.5) is 5.13 Å². The van der Waals surface area contributed by atoms with E-state index in [1.165, 1.54) is 11.3 Å². The van der Waals surface area contributed by atoms with Crippen molar-refractivity contribution in [2.75, 3.05) is 31.6 Å². The van der Waals surface area contributed by atoms with E-state index in [-0.39, 0.29) is 30.1 Å². The van der Waals surface area contributed by atoms with E-state index >= 15 is 0 Å². The first-order valence-corrected chi connectivity index (χ1v) is 8.17. The summed E-state index contributed by atoms with van der Waals surface area (Å²) in [6.07, 6.45) is 0.359. The third-order valence-corrected chi connectivity index (χ3v) is 4.51. The highest BCUT2D eigenvalue weighted by Crippen LogP contribution is 2.27. The predicted octanol–water partition coefficient (Wildman–Crippen LogP) is 1.41. The molecule has 1 aromatic heterocycles. The topological polar surface area (TPSA) is 84.4 Å². The molecule has 0 aromatic carbocycles. The van der Waals surface area contributed by atoms with Gasteiger partial charge in [-0.3, -0.25) is 9.59 Å². The van der Waals surface area contributed by atoms with Crippen LogP contribution in [-0.2, 0) is 19.7 Å². The lowest BCUT2D eigenvalue weighted by Gasteiger charge is -2.26. The Hall–Kier alpha value is -1.54. The average molecular weight is 326 g/mol. The maximum absolute atomic E-state index is 12.0. The molecule has 2 amide bonds. The zero-order chi connectivity index (χ0) is 16.2. The summed E-state index contributed by atoms with van der Waals surface area (Å²) in [7, 11) is 0. The SMILES string of the molecule is CC(C)(C)c1nnc(NC(=O)CCC(=O)N2CCOCC2)s1. The van der Waals surface area contributed by atoms with Gasteiger partial charge in [0.25, 0.3) is 0 Å². The largest absolute Gasteiger partial charge is 0.378 e. The van der Waals surface area contributed by atoms with E-state index in [1.807, 2.05) is 20.8 Å². The van der Waals surface area contributed by atoms with Gasteiger partial charge in [-0.25, -0.2) is 0 Å². The molecule has 0 unspecified atom stereocenters. The molecule has 0 saturated carbocycles. The fourth-order valence-corrected chi connectivity index (χ4v) is 2.77. The zero-order valence-corrected chi connectivity index (χ0v) is 14.0. The van der Waals surface area contributed by atoms with Gasteiger partial charge in [0, 0.05) is 31.3 Å². The molecule has 22 heavy (non-hydrogen) atoms. The maximum Gasteiger partial charge on any atom is 0.226 e. The Morgan fingerprint density at radius 2 is 1.91 bits per heavy atom. The Morgan fingerprint density at radius 1 is 1.23 bits per heavy atom. The van der Waals surface area contributed by atoms with E-state index in [9.17, 15) is 9.59 Å². The molecule has 0 atom stereocenters. The minimum absolute atomic E-state index is 0.00825. The Labute approximate surface area is 134 Å². The number of hydrogen-bond acceptors (Lipinski definition) is 6. The van der Waals surface area contributed by atoms with Gasteiger partial charge in [0.2, 0.25) is 16.9 Å². The molecule has 2 rings (SSSR count). The number of anilines is 1. The number of carbonyl (C=O) groups excluding carboxylic acids is 2. The number of hydrogen-bond donors (Lipinski definition) is 1. The Morgan fingerprint density at radius 3 is 2.50 bits per heavy atom. The number of nitrogens with one attached hydrogen (secondary N) is 1. The molecule has 1 aromatic rings. The second-order valence-electron chi connectivity index (χ2n) is 6.20. The minimum Gasteiger partial charge on any atom is -0.378 e. The van der Waals surface area contributed by atoms with Gasteiger partial charge < -0.3 is 15.0 Å². The van der Waals surface area contributed by atoms with Gasteiger partial charge in [-0.05, 0) is 0 Å². The van der Waals surface area contributed by atoms with Gasteiger partial charge in [0.1, 0.15) is 5.01 Å². The van der Waals surface area contributed by atoms with Crippen LogP contribution >= 0.6 is 11.3 Å². The summed E-state index contributed by atoms with van der Waals surface area (Å²) in [5, 5.41) is 12.1. The van der Waals surface area contributed by atoms with Gasteiger partial charge >= 0.3 is 0 Å². The van der Waals surface area contributed by atoms with Crippen LogP contribution in [0.1, 0.15) is 38.6 Å². The number of rotatable bonds is 4. The van der Waals surface area contributed by atoms with Crippen LogP contribution in [0.15, 0.2) is 0 Å². The summed E-state index contributed by atoms with van der Waals surface area (Å²) >= 11 is 1.36. The van der Waals surface area contributed by atoms with E-state index in [1.54, 1.807) is 4.90 Å². The molecule has 0 bridgehead atoms. The lowest BCUT2D eigenvalue weighted by molar-refractivity contribution is -0.136. The van der Waals surface area contributed by atoms with Crippen molar-refractivity contribution in [1.82, 2.24) is 15.1 Å². The Balaban J connectivity index is 1.78. The fraction of sp³-hybridized carbons (Fsp3) is 0.714. The summed E-state index contributed by atoms with van der Waals surface area (Å²) < 4.78 is 5.20. The van der Waals surface area contributed by atoms with Gasteiger partial charge in [0.05, 0.1) is 13.2 Å². The monoisotopic (exact) mass is 326 g/mol. The molecule has 1 fully saturated rings. The number of morpholine rings is 1. The quantitative estimate of drug-likeness (QED) is 0.904. The van der Waals surface area contributed by atoms with E-state index in [0.717, 1.165) is 5.01 Å². The molecular formula is C14H22N4O3S. The van der Waals surface area contributed by atoms with Crippen molar-refractivity contribution < 1.29 is 14.3 Å². The van der Waals surface area contributed by atoms with Crippen LogP contribution in [0.2, 0.25) is 0 Å². The maximum atomic E-state index is 12.0. The summed E-state index contributed by atoms with van der Waals surface area (Å²) in [5.74, 6) is -0.218. The van der Waals surface area contributed by atoms with Crippen LogP contribution in [-0.4, -0.2) is 53.2 Å². The van der Waals surface area contributed by atoms with Crippen LogP contribution in [0, 0.1) is 0 Å². The summed E-state index contributed by atoms with van der Waals surface area (Å²) in [6.45, 7) is 8.47. The number of carbonyl (C=O) groups is 2. The Bertz CT molecular complexity index is 532. The van der Waals surface area contributed by atoms with Crippen molar-refractivity contribution in [2.24, 2.45) is 0 Å². The molecule has 0 spiro atoms. The van der Waals surface area contributed by atoms with E-state index < -0.39 is 0 Å². The molecule has 1 aliphatic rings. The first kappa shape index (κ1) is 16.8. The fourth-order valence-electron chi connectivity index (χ4n) is 1.95. The number of ether oxygens (including phenoxy) is 1. The molecule has 1 aliphatic heterocycles. The van der Waals surface area contributed by atoms with Crippen molar-refractivity contribution in [3.63, 3.8) is 0 Å². The third kappa shape index (κ3) is 4.74. The van der Waals surface area contributed by atoms with Crippen molar-refractivity contribution in [3.8, 4) is 0 Å². The lowest BCUT2D eigenvalue weighted by Crippen LogP contribution is -2.40. The van der Waals surface area contributed by atoms with Crippen molar-refractivity contribution >= 4 is 28.3 Å². The first-order chi connectivity index (χ1) is 10.4. The molecule has 7 nitrogen and oxygen atoms in total. The highest BCUT2D eigenvalue weighted by atomic mass is 32.1. The number of amides is 2. The van der Waals surface area contributed by atoms with Crippen LogP contribution < -0.4 is 5.32 Å². The van der Waals surface area contributed by atoms with Gasteiger partial charge in [-0.15, -0.1) is 10.2 Å². The first-order valence-electron chi connectivity index (χ1n) is 7.35. The summed E-state index contributed by atoms with van der Waals surface area (Å²) in [4.78, 5) is 25.6. The van der Waals surface area contributed by atoms with Crippen LogP contribution in [0.5, 0.6) is 0 Å². The number of nitrogens with zero attached hydrogens (tertiary/aromatic N) is 3. The average Bonchev–Trinajstić information content (AvgIpc) is 2.94. The second-order valence-corrected chi connectivity index (χ2v) is 7.18. The normalized spacial score (nSPS) is 15.7. The van der Waals surface area contributed by atoms with Crippen molar-refractivity contribution in [1.29, 1.82) is 0 Å². The van der Waals surface area contributed by atoms with Crippen molar-refractivity contribution in [3.05, 3.63) is 5.01 Å².